The molecule has 11 heteroatoms. The molecule has 0 spiro atoms. The summed E-state index contributed by atoms with van der Waals surface area (Å²) in [4.78, 5) is 33.3. The Morgan fingerprint density at radius 2 is 1.90 bits per heavy atom. The minimum absolute atomic E-state index is 0.00386. The van der Waals surface area contributed by atoms with Gasteiger partial charge in [-0.2, -0.15) is 4.99 Å². The molecule has 3 heterocycles. The number of aromatic nitrogens is 5. The predicted molar refractivity (Wildman–Crippen MR) is 153 cm³/mol. The van der Waals surface area contributed by atoms with E-state index in [9.17, 15) is 14.3 Å². The third-order valence-corrected chi connectivity index (χ3v) is 8.58. The first-order valence-electron chi connectivity index (χ1n) is 14.4. The Morgan fingerprint density at radius 1 is 1.18 bits per heavy atom. The van der Waals surface area contributed by atoms with Crippen LogP contribution < -0.4 is 11.1 Å². The van der Waals surface area contributed by atoms with Gasteiger partial charge in [0.2, 0.25) is 0 Å². The van der Waals surface area contributed by atoms with Gasteiger partial charge in [0.25, 0.3) is 0 Å². The largest absolute Gasteiger partial charge is 0.463 e. The van der Waals surface area contributed by atoms with Gasteiger partial charge in [-0.25, -0.2) is 29.1 Å². The lowest BCUT2D eigenvalue weighted by Crippen LogP contribution is -2.32. The number of rotatable bonds is 8. The summed E-state index contributed by atoms with van der Waals surface area (Å²) in [5.74, 6) is 2.10. The van der Waals surface area contributed by atoms with Gasteiger partial charge in [0.1, 0.15) is 17.0 Å². The fourth-order valence-corrected chi connectivity index (χ4v) is 5.84. The van der Waals surface area contributed by atoms with Gasteiger partial charge >= 0.3 is 6.09 Å². The normalized spacial score (nSPS) is 21.0. The number of fused-ring (bicyclic) bond motifs is 1. The highest BCUT2D eigenvalue weighted by Gasteiger charge is 2.29. The Labute approximate surface area is 233 Å². The van der Waals surface area contributed by atoms with Crippen molar-refractivity contribution in [3.05, 3.63) is 29.5 Å². The van der Waals surface area contributed by atoms with E-state index in [4.69, 9.17) is 10.7 Å². The SMILES string of the molecule is CC1CCC(Cn2c(-c3cc(C(C)C)c(F)cn3)nc3nc(/C(N)=N/C(=O)O)nc(N[C@H](C)C4CCC4)c32)CC1. The third-order valence-electron chi connectivity index (χ3n) is 8.58. The maximum Gasteiger partial charge on any atom is 0.433 e. The maximum atomic E-state index is 14.6. The quantitative estimate of drug-likeness (QED) is 0.230. The second-order valence-electron chi connectivity index (χ2n) is 11.9. The van der Waals surface area contributed by atoms with E-state index in [0.29, 0.717) is 58.4 Å². The summed E-state index contributed by atoms with van der Waals surface area (Å²) in [6.45, 7) is 9.02. The molecule has 2 saturated carbocycles. The number of nitrogens with one attached hydrogen (secondary N) is 1. The molecule has 0 aromatic carbocycles. The number of nitrogens with two attached hydrogens (primary N) is 1. The van der Waals surface area contributed by atoms with E-state index in [0.717, 1.165) is 25.7 Å². The lowest BCUT2D eigenvalue weighted by Gasteiger charge is -2.32. The molecule has 2 aliphatic carbocycles. The van der Waals surface area contributed by atoms with Crippen molar-refractivity contribution >= 4 is 28.9 Å². The first-order chi connectivity index (χ1) is 19.1. The zero-order valence-electron chi connectivity index (χ0n) is 23.7. The van der Waals surface area contributed by atoms with Crippen molar-refractivity contribution < 1.29 is 14.3 Å². The monoisotopic (exact) mass is 550 g/mol. The Balaban J connectivity index is 1.70. The lowest BCUT2D eigenvalue weighted by atomic mass is 9.80. The van der Waals surface area contributed by atoms with E-state index in [1.165, 1.54) is 25.5 Å². The summed E-state index contributed by atoms with van der Waals surface area (Å²) in [6, 6.07) is 1.90. The van der Waals surface area contributed by atoms with Gasteiger partial charge in [-0.3, -0.25) is 0 Å². The van der Waals surface area contributed by atoms with Gasteiger partial charge in [-0.1, -0.05) is 40.0 Å². The number of pyridine rings is 1. The van der Waals surface area contributed by atoms with Gasteiger partial charge in [0.05, 0.1) is 6.20 Å². The molecule has 0 aliphatic heterocycles. The molecular weight excluding hydrogens is 511 g/mol. The predicted octanol–water partition coefficient (Wildman–Crippen LogP) is 5.96. The number of hydrogen-bond acceptors (Lipinski definition) is 6. The third kappa shape index (κ3) is 5.78. The van der Waals surface area contributed by atoms with Crippen LogP contribution >= 0.6 is 0 Å². The highest BCUT2D eigenvalue weighted by Crippen LogP contribution is 2.36. The molecule has 40 heavy (non-hydrogen) atoms. The van der Waals surface area contributed by atoms with Gasteiger partial charge in [0.15, 0.2) is 28.9 Å². The van der Waals surface area contributed by atoms with Gasteiger partial charge < -0.3 is 20.7 Å². The van der Waals surface area contributed by atoms with Crippen LogP contribution in [0.25, 0.3) is 22.7 Å². The highest BCUT2D eigenvalue weighted by molar-refractivity contribution is 6.01. The summed E-state index contributed by atoms with van der Waals surface area (Å²) in [7, 11) is 0. The summed E-state index contributed by atoms with van der Waals surface area (Å²) in [5.41, 5.74) is 8.20. The summed E-state index contributed by atoms with van der Waals surface area (Å²) in [6.07, 6.45) is 7.86. The second kappa shape index (κ2) is 11.5. The van der Waals surface area contributed by atoms with E-state index < -0.39 is 6.09 Å². The molecule has 0 radical (unpaired) electrons. The molecule has 214 valence electrons. The Hall–Kier alpha value is -3.63. The molecule has 2 fully saturated rings. The molecular formula is C29H39FN8O2. The number of imidazole rings is 1. The number of hydrogen-bond donors (Lipinski definition) is 3. The number of halogens is 1. The molecule has 10 nitrogen and oxygen atoms in total. The number of nitrogens with zero attached hydrogens (tertiary/aromatic N) is 6. The molecule has 3 aromatic heterocycles. The Kier molecular flexibility index (Phi) is 8.00. The molecule has 0 bridgehead atoms. The highest BCUT2D eigenvalue weighted by atomic mass is 19.1. The van der Waals surface area contributed by atoms with Crippen LogP contribution in [0.5, 0.6) is 0 Å². The minimum atomic E-state index is -1.42. The van der Waals surface area contributed by atoms with Crippen molar-refractivity contribution in [3.63, 3.8) is 0 Å². The zero-order valence-corrected chi connectivity index (χ0v) is 23.7. The molecule has 3 aromatic rings. The minimum Gasteiger partial charge on any atom is -0.463 e. The molecule has 2 aliphatic rings. The Bertz CT molecular complexity index is 1420. The lowest BCUT2D eigenvalue weighted by molar-refractivity contribution is 0.205. The van der Waals surface area contributed by atoms with E-state index >= 15 is 0 Å². The second-order valence-corrected chi connectivity index (χ2v) is 11.9. The van der Waals surface area contributed by atoms with Crippen LogP contribution in [0, 0.1) is 23.6 Å². The van der Waals surface area contributed by atoms with Crippen molar-refractivity contribution in [1.29, 1.82) is 0 Å². The van der Waals surface area contributed by atoms with Crippen LogP contribution in [-0.2, 0) is 6.54 Å². The fraction of sp³-hybridized carbons (Fsp3) is 0.586. The van der Waals surface area contributed by atoms with Crippen molar-refractivity contribution in [2.45, 2.75) is 91.1 Å². The summed E-state index contributed by atoms with van der Waals surface area (Å²) in [5, 5.41) is 12.8. The zero-order chi connectivity index (χ0) is 28.6. The Morgan fingerprint density at radius 3 is 2.52 bits per heavy atom. The van der Waals surface area contributed by atoms with E-state index in [-0.39, 0.29) is 29.4 Å². The fourth-order valence-electron chi connectivity index (χ4n) is 5.84. The average molecular weight is 551 g/mol. The van der Waals surface area contributed by atoms with Gasteiger partial charge in [-0.15, -0.1) is 0 Å². The van der Waals surface area contributed by atoms with Crippen LogP contribution in [0.3, 0.4) is 0 Å². The molecule has 0 unspecified atom stereocenters. The van der Waals surface area contributed by atoms with Crippen LogP contribution in [0.4, 0.5) is 15.0 Å². The van der Waals surface area contributed by atoms with Crippen molar-refractivity contribution in [3.8, 4) is 11.5 Å². The average Bonchev–Trinajstić information content (AvgIpc) is 3.22. The first-order valence-corrected chi connectivity index (χ1v) is 14.4. The number of amides is 1. The number of amidine groups is 1. The topological polar surface area (TPSA) is 144 Å². The van der Waals surface area contributed by atoms with Crippen molar-refractivity contribution in [2.24, 2.45) is 28.5 Å². The number of anilines is 1. The van der Waals surface area contributed by atoms with Crippen molar-refractivity contribution in [2.75, 3.05) is 5.32 Å². The van der Waals surface area contributed by atoms with Crippen LogP contribution in [0.2, 0.25) is 0 Å². The standard InChI is InChI=1S/C29H39FN8O2/c1-15(2)20-12-22(32-13-21(20)30)28-37-26-23(38(28)14-18-10-8-16(3)9-11-18)25(33-17(4)19-6-5-7-19)35-27(36-26)24(31)34-29(39)40/h12-13,15-19H,5-11,14H2,1-4H3,(H2,31,34)(H,39,40)(H,33,35,36)/t16?,17-,18?/m1/s1. The van der Waals surface area contributed by atoms with E-state index in [1.807, 2.05) is 13.8 Å². The van der Waals surface area contributed by atoms with Crippen LogP contribution in [0.15, 0.2) is 17.3 Å². The van der Waals surface area contributed by atoms with E-state index in [2.05, 4.69) is 43.7 Å². The number of aliphatic imine (C=N–C) groups is 1. The summed E-state index contributed by atoms with van der Waals surface area (Å²) >= 11 is 0. The van der Waals surface area contributed by atoms with Crippen LogP contribution in [-0.4, -0.2) is 47.6 Å². The van der Waals surface area contributed by atoms with E-state index in [1.54, 1.807) is 6.07 Å². The maximum absolute atomic E-state index is 14.6. The molecule has 1 atom stereocenters. The number of carbonyl (C=O) groups is 1. The first kappa shape index (κ1) is 27.9. The molecule has 4 N–H and O–H groups in total. The van der Waals surface area contributed by atoms with Crippen molar-refractivity contribution in [1.82, 2.24) is 24.5 Å². The molecule has 0 saturated heterocycles. The smallest absolute Gasteiger partial charge is 0.433 e. The molecule has 5 rings (SSSR count). The molecule has 1 amide bonds. The number of carboxylic acid groups (broad SMARTS) is 1. The van der Waals surface area contributed by atoms with Gasteiger partial charge in [-0.05, 0) is 67.9 Å². The summed E-state index contributed by atoms with van der Waals surface area (Å²) < 4.78 is 16.7. The van der Waals surface area contributed by atoms with Crippen LogP contribution in [0.1, 0.15) is 89.9 Å². The van der Waals surface area contributed by atoms with Gasteiger partial charge in [0, 0.05) is 12.6 Å².